The maximum atomic E-state index is 13.7. The molecule has 480 valence electrons. The van der Waals surface area contributed by atoms with E-state index in [1.165, 1.54) is 96.6 Å². The topological polar surface area (TPSA) is 385 Å². The Kier molecular flexibility index (Phi) is 16.4. The summed E-state index contributed by atoms with van der Waals surface area (Å²) in [5.74, 6) is -5.12. The highest BCUT2D eigenvalue weighted by molar-refractivity contribution is 6.12. The molecule has 1 saturated carbocycles. The largest absolute Gasteiger partial charge is 0.465 e. The molecule has 9 amide bonds. The summed E-state index contributed by atoms with van der Waals surface area (Å²) >= 11 is 0. The molecule has 3 aliphatic rings. The van der Waals surface area contributed by atoms with Crippen molar-refractivity contribution in [1.29, 1.82) is 0 Å². The molecule has 93 heavy (non-hydrogen) atoms. The fourth-order valence-electron chi connectivity index (χ4n) is 11.8. The van der Waals surface area contributed by atoms with Crippen LogP contribution >= 0.6 is 0 Å². The molecule has 0 unspecified atom stereocenters. The minimum Gasteiger partial charge on any atom is -0.465 e. The van der Waals surface area contributed by atoms with Crippen LogP contribution in [0.2, 0.25) is 0 Å². The number of ketones is 1. The number of allylic oxidation sites excluding steroid dienone is 2. The van der Waals surface area contributed by atoms with Crippen LogP contribution < -0.4 is 42.5 Å². The normalized spacial score (nSPS) is 15.2. The first-order chi connectivity index (χ1) is 44.2. The molecule has 2 atom stereocenters. The maximum absolute atomic E-state index is 13.7. The predicted octanol–water partition coefficient (Wildman–Crippen LogP) is 3.93. The number of piperidine rings is 1. The van der Waals surface area contributed by atoms with Crippen LogP contribution in [0.4, 0.5) is 40.2 Å². The number of carbonyl (C=O) groups is 11. The molecule has 11 rings (SSSR count). The van der Waals surface area contributed by atoms with Crippen molar-refractivity contribution in [3.8, 4) is 0 Å². The van der Waals surface area contributed by atoms with Crippen LogP contribution in [0.5, 0.6) is 0 Å². The number of hydrogen-bond donors (Lipinski definition) is 9. The van der Waals surface area contributed by atoms with Crippen LogP contribution in [0.1, 0.15) is 127 Å². The van der Waals surface area contributed by atoms with Gasteiger partial charge in [-0.2, -0.15) is 0 Å². The van der Waals surface area contributed by atoms with Crippen molar-refractivity contribution in [3.05, 3.63) is 148 Å². The van der Waals surface area contributed by atoms with Crippen molar-refractivity contribution >= 4 is 111 Å². The van der Waals surface area contributed by atoms with Gasteiger partial charge in [-0.15, -0.1) is 0 Å². The number of nitrogens with one attached hydrogen (secondary N) is 9. The smallest absolute Gasteiger partial charge is 0.340 e. The van der Waals surface area contributed by atoms with E-state index in [2.05, 4.69) is 62.5 Å². The van der Waals surface area contributed by atoms with Gasteiger partial charge in [-0.1, -0.05) is 0 Å². The molecule has 1 saturated heterocycles. The number of methoxy groups -OCH3 is 1. The second-order valence-electron chi connectivity index (χ2n) is 22.9. The fourth-order valence-corrected chi connectivity index (χ4v) is 11.8. The molecule has 0 bridgehead atoms. The number of ether oxygens (including phenoxy) is 1. The SMILES string of the molecule is COC(=O)c1c(C)[nH]c2c1[C@@]13C[C@@H]1CN(C(=O)C=Cc1cc(NC(=O)c4cc(NC(=O)c5nc(NC(=O)CCCNC(=O)c6cc(NC(=O)c7cc(NC(=O)c8nc(NC(=O)c9nc(NC(C)=O)cn9C)cn8C)cn7C)cn6C)cn5C)cn4C)cn1C)C3=CC2=O. The second kappa shape index (κ2) is 24.3. The number of fused-ring (bicyclic) bond motifs is 1. The Morgan fingerprint density at radius 3 is 1.60 bits per heavy atom. The van der Waals surface area contributed by atoms with E-state index < -0.39 is 52.7 Å². The Morgan fingerprint density at radius 2 is 1.08 bits per heavy atom. The van der Waals surface area contributed by atoms with Gasteiger partial charge in [0.25, 0.3) is 41.4 Å². The monoisotopic (exact) mass is 1270 g/mol. The van der Waals surface area contributed by atoms with E-state index in [1.807, 2.05) is 0 Å². The molecule has 8 aromatic heterocycles. The number of amides is 9. The summed E-state index contributed by atoms with van der Waals surface area (Å²) in [6.07, 6.45) is 16.1. The van der Waals surface area contributed by atoms with Gasteiger partial charge in [0.1, 0.15) is 17.1 Å². The zero-order chi connectivity index (χ0) is 66.6. The molecule has 8 aromatic rings. The van der Waals surface area contributed by atoms with Crippen molar-refractivity contribution in [3.63, 3.8) is 0 Å². The number of hydrogen-bond acceptors (Lipinski definition) is 15. The highest BCUT2D eigenvalue weighted by Gasteiger charge is 2.69. The molecular weight excluding hydrogens is 1200 g/mol. The lowest BCUT2D eigenvalue weighted by molar-refractivity contribution is -0.124. The fraction of sp³-hybridized carbons (Fsp3) is 0.279. The van der Waals surface area contributed by atoms with Gasteiger partial charge < -0.3 is 89.1 Å². The lowest BCUT2D eigenvalue weighted by atomic mass is 9.82. The quantitative estimate of drug-likeness (QED) is 0.0297. The Morgan fingerprint density at radius 1 is 0.602 bits per heavy atom. The van der Waals surface area contributed by atoms with E-state index in [1.54, 1.807) is 96.5 Å². The Hall–Kier alpha value is -12.1. The summed E-state index contributed by atoms with van der Waals surface area (Å²) in [7, 11) is 12.6. The first-order valence-electron chi connectivity index (χ1n) is 28.9. The van der Waals surface area contributed by atoms with E-state index in [0.717, 1.165) is 0 Å². The van der Waals surface area contributed by atoms with Crippen LogP contribution in [0.25, 0.3) is 6.08 Å². The van der Waals surface area contributed by atoms with Crippen molar-refractivity contribution in [2.45, 2.75) is 38.5 Å². The van der Waals surface area contributed by atoms with Crippen molar-refractivity contribution < 1.29 is 57.5 Å². The molecule has 1 spiro atoms. The summed E-state index contributed by atoms with van der Waals surface area (Å²) in [4.78, 5) is 162. The third-order valence-corrected chi connectivity index (χ3v) is 16.2. The van der Waals surface area contributed by atoms with E-state index in [-0.39, 0.29) is 106 Å². The highest BCUT2D eigenvalue weighted by Crippen LogP contribution is 2.67. The number of aromatic amines is 1. The van der Waals surface area contributed by atoms with Crippen molar-refractivity contribution in [2.24, 2.45) is 55.3 Å². The van der Waals surface area contributed by atoms with E-state index >= 15 is 0 Å². The van der Waals surface area contributed by atoms with Gasteiger partial charge in [0, 0.05) is 159 Å². The lowest BCUT2D eigenvalue weighted by Gasteiger charge is -2.27. The van der Waals surface area contributed by atoms with Gasteiger partial charge in [-0.05, 0) is 56.0 Å². The van der Waals surface area contributed by atoms with Crippen molar-refractivity contribution in [2.75, 3.05) is 57.4 Å². The average Bonchev–Trinajstić information content (AvgIpc) is 1.50. The molecular formula is C61H64N20O12. The van der Waals surface area contributed by atoms with Gasteiger partial charge >= 0.3 is 5.97 Å². The molecule has 32 nitrogen and oxygen atoms in total. The number of aromatic nitrogens is 11. The predicted molar refractivity (Wildman–Crippen MR) is 335 cm³/mol. The van der Waals surface area contributed by atoms with Gasteiger partial charge in [0.2, 0.25) is 35.1 Å². The van der Waals surface area contributed by atoms with E-state index in [4.69, 9.17) is 4.74 Å². The van der Waals surface area contributed by atoms with Gasteiger partial charge in [-0.25, -0.2) is 19.7 Å². The molecule has 0 radical (unpaired) electrons. The maximum Gasteiger partial charge on any atom is 0.340 e. The van der Waals surface area contributed by atoms with Crippen molar-refractivity contribution in [1.82, 2.24) is 62.1 Å². The third kappa shape index (κ3) is 12.2. The van der Waals surface area contributed by atoms with Crippen LogP contribution in [0.3, 0.4) is 0 Å². The number of rotatable bonds is 20. The first kappa shape index (κ1) is 62.5. The van der Waals surface area contributed by atoms with Gasteiger partial charge in [0.05, 0.1) is 41.1 Å². The molecule has 2 aliphatic carbocycles. The molecule has 32 heteroatoms. The molecule has 9 heterocycles. The summed E-state index contributed by atoms with van der Waals surface area (Å²) < 4.78 is 15.6. The summed E-state index contributed by atoms with van der Waals surface area (Å²) in [6.45, 7) is 3.52. The Balaban J connectivity index is 0.612. The standard InChI is InChI=1S/C61H64N20O12/c1-30-48(60(92)93-10)49-50(63-30)41(83)20-42-61(49)21-32(61)22-81(42)47(85)14-13-37-16-33(23-74(37)3)65-55(87)39-18-35(25-76(39)5)67-57(89)51-71-44(28-79(51)8)69-46(84)12-11-15-62-54(86)38-17-34(24-75(38)4)66-56(88)40-19-36(26-77(40)6)68-58(90)52-72-45(29-80(52)9)73-59(91)53-70-43(27-78(53)7)64-31(2)82/h13-14,16-20,23-29,32,63H,11-12,15,21-22H2,1-10H3,(H,62,86)(H,64,82)(H,65,87)(H,66,88)(H,67,89)(H,68,90)(H,69,84)(H,73,91)/t32-,61+/m1/s1. The third-order valence-electron chi connectivity index (χ3n) is 16.2. The van der Waals surface area contributed by atoms with Gasteiger partial charge in [0.15, 0.2) is 17.5 Å². The first-order valence-corrected chi connectivity index (χ1v) is 28.9. The number of nitrogens with zero attached hydrogens (tertiary/aromatic N) is 11. The number of imidazole rings is 3. The van der Waals surface area contributed by atoms with Gasteiger partial charge in [-0.3, -0.25) is 47.9 Å². The number of likely N-dealkylation sites (tertiary alicyclic amines) is 1. The number of aryl methyl sites for hydroxylation is 8. The number of esters is 1. The Labute approximate surface area is 528 Å². The minimum absolute atomic E-state index is 0.0110. The average molecular weight is 1270 g/mol. The second-order valence-corrected chi connectivity index (χ2v) is 22.9. The van der Waals surface area contributed by atoms with E-state index in [9.17, 15) is 52.7 Å². The molecule has 2 fully saturated rings. The zero-order valence-electron chi connectivity index (χ0n) is 52.0. The lowest BCUT2D eigenvalue weighted by Crippen LogP contribution is -2.33. The molecule has 9 N–H and O–H groups in total. The van der Waals surface area contributed by atoms with Crippen LogP contribution in [-0.2, 0) is 73.9 Å². The number of H-pyrrole nitrogens is 1. The minimum atomic E-state index is -0.637. The molecule has 1 aliphatic heterocycles. The number of anilines is 7. The number of carbonyl (C=O) groups excluding carboxylic acids is 11. The molecule has 0 aromatic carbocycles. The summed E-state index contributed by atoms with van der Waals surface area (Å²) in [5.41, 5.74) is 4.21. The van der Waals surface area contributed by atoms with Crippen LogP contribution in [0, 0.1) is 12.8 Å². The van der Waals surface area contributed by atoms with E-state index in [0.29, 0.717) is 58.2 Å². The zero-order valence-corrected chi connectivity index (χ0v) is 52.0. The highest BCUT2D eigenvalue weighted by atomic mass is 16.5. The summed E-state index contributed by atoms with van der Waals surface area (Å²) in [6, 6.07) is 6.10. The van der Waals surface area contributed by atoms with Crippen LogP contribution in [0.15, 0.2) is 85.5 Å². The summed E-state index contributed by atoms with van der Waals surface area (Å²) in [5, 5.41) is 21.6. The van der Waals surface area contributed by atoms with Crippen LogP contribution in [-0.4, -0.2) is 142 Å². The Bertz CT molecular complexity index is 4580.